The van der Waals surface area contributed by atoms with Crippen LogP contribution in [0.1, 0.15) is 102 Å². The quantitative estimate of drug-likeness (QED) is 0.127. The molecule has 0 fully saturated rings. The van der Waals surface area contributed by atoms with Gasteiger partial charge in [0.2, 0.25) is 5.91 Å². The van der Waals surface area contributed by atoms with Gasteiger partial charge in [0.1, 0.15) is 12.4 Å². The van der Waals surface area contributed by atoms with Crippen molar-refractivity contribution in [2.45, 2.75) is 96.8 Å². The molecule has 30 heavy (non-hydrogen) atoms. The van der Waals surface area contributed by atoms with E-state index in [1.807, 2.05) is 24.3 Å². The molecule has 1 N–H and O–H groups in total. The Hall–Kier alpha value is -2.28. The fourth-order valence-electron chi connectivity index (χ4n) is 3.37. The third-order valence-electron chi connectivity index (χ3n) is 5.13. The molecular weight excluding hydrogens is 372 g/mol. The molecule has 0 spiro atoms. The predicted octanol–water partition coefficient (Wildman–Crippen LogP) is 6.63. The third kappa shape index (κ3) is 13.8. The lowest BCUT2D eigenvalue weighted by molar-refractivity contribution is -0.121. The minimum absolute atomic E-state index is 0.0450. The summed E-state index contributed by atoms with van der Waals surface area (Å²) in [5.41, 5.74) is 3.38. The van der Waals surface area contributed by atoms with Crippen LogP contribution < -0.4 is 10.2 Å². The normalized spacial score (nSPS) is 10.8. The average molecular weight is 413 g/mol. The Morgan fingerprint density at radius 3 is 2.13 bits per heavy atom. The van der Waals surface area contributed by atoms with Crippen molar-refractivity contribution in [3.63, 3.8) is 0 Å². The molecule has 4 heteroatoms. The van der Waals surface area contributed by atoms with Gasteiger partial charge in [0, 0.05) is 12.0 Å². The minimum Gasteiger partial charge on any atom is -0.480 e. The summed E-state index contributed by atoms with van der Waals surface area (Å²) >= 11 is 0. The summed E-state index contributed by atoms with van der Waals surface area (Å²) in [5, 5.41) is 4.03. The molecule has 0 heterocycles. The van der Waals surface area contributed by atoms with Gasteiger partial charge in [0.05, 0.1) is 6.21 Å². The van der Waals surface area contributed by atoms with Crippen LogP contribution in [-0.4, -0.2) is 18.7 Å². The van der Waals surface area contributed by atoms with Crippen LogP contribution >= 0.6 is 0 Å². The second kappa shape index (κ2) is 18.7. The Balaban J connectivity index is 2.00. The number of hydrazone groups is 1. The van der Waals surface area contributed by atoms with Crippen LogP contribution in [0.4, 0.5) is 0 Å². The molecule has 0 atom stereocenters. The van der Waals surface area contributed by atoms with Gasteiger partial charge in [0.15, 0.2) is 0 Å². The van der Waals surface area contributed by atoms with Gasteiger partial charge in [-0.3, -0.25) is 4.79 Å². The first-order valence-corrected chi connectivity index (χ1v) is 11.7. The van der Waals surface area contributed by atoms with E-state index in [1.54, 1.807) is 6.21 Å². The second-order valence-electron chi connectivity index (χ2n) is 7.82. The number of ether oxygens (including phenoxy) is 1. The Kier molecular flexibility index (Phi) is 16.1. The van der Waals surface area contributed by atoms with Crippen LogP contribution in [0.3, 0.4) is 0 Å². The minimum atomic E-state index is -0.0450. The molecule has 0 aliphatic heterocycles. The van der Waals surface area contributed by atoms with Crippen molar-refractivity contribution < 1.29 is 9.53 Å². The largest absolute Gasteiger partial charge is 0.480 e. The van der Waals surface area contributed by atoms with E-state index in [1.165, 1.54) is 70.6 Å². The van der Waals surface area contributed by atoms with Crippen molar-refractivity contribution in [2.75, 3.05) is 6.61 Å². The van der Waals surface area contributed by atoms with Crippen molar-refractivity contribution in [3.05, 3.63) is 29.8 Å². The molecule has 4 nitrogen and oxygen atoms in total. The van der Waals surface area contributed by atoms with E-state index in [-0.39, 0.29) is 12.5 Å². The zero-order valence-corrected chi connectivity index (χ0v) is 18.8. The van der Waals surface area contributed by atoms with E-state index in [9.17, 15) is 4.79 Å². The molecule has 0 radical (unpaired) electrons. The number of unbranched alkanes of at least 4 members (excludes halogenated alkanes) is 12. The Morgan fingerprint density at radius 1 is 0.967 bits per heavy atom. The topological polar surface area (TPSA) is 50.7 Å². The molecule has 0 aliphatic rings. The van der Waals surface area contributed by atoms with Gasteiger partial charge in [-0.05, 0) is 18.6 Å². The van der Waals surface area contributed by atoms with Gasteiger partial charge in [-0.25, -0.2) is 5.43 Å². The summed E-state index contributed by atoms with van der Waals surface area (Å²) in [5.74, 6) is 3.05. The average Bonchev–Trinajstić information content (AvgIpc) is 2.76. The van der Waals surface area contributed by atoms with E-state index >= 15 is 0 Å². The van der Waals surface area contributed by atoms with E-state index in [0.29, 0.717) is 12.2 Å². The SMILES string of the molecule is C#CCOc1ccccc1/C=N/NC(=O)CCCCCCCCCCCCCCC. The Labute approximate surface area is 183 Å². The van der Waals surface area contributed by atoms with Gasteiger partial charge in [0.25, 0.3) is 0 Å². The number of hydrogen-bond acceptors (Lipinski definition) is 3. The summed E-state index contributed by atoms with van der Waals surface area (Å²) in [7, 11) is 0. The van der Waals surface area contributed by atoms with Crippen molar-refractivity contribution in [1.29, 1.82) is 0 Å². The van der Waals surface area contributed by atoms with Crippen LogP contribution in [0.15, 0.2) is 29.4 Å². The number of terminal acetylenes is 1. The van der Waals surface area contributed by atoms with Gasteiger partial charge in [-0.1, -0.05) is 102 Å². The predicted molar refractivity (Wildman–Crippen MR) is 127 cm³/mol. The maximum atomic E-state index is 11.9. The molecular formula is C26H40N2O2. The van der Waals surface area contributed by atoms with Crippen molar-refractivity contribution >= 4 is 12.1 Å². The van der Waals surface area contributed by atoms with Gasteiger partial charge >= 0.3 is 0 Å². The lowest BCUT2D eigenvalue weighted by atomic mass is 10.0. The van der Waals surface area contributed by atoms with Gasteiger partial charge in [-0.2, -0.15) is 5.10 Å². The molecule has 0 saturated carbocycles. The molecule has 0 aromatic heterocycles. The van der Waals surface area contributed by atoms with Crippen LogP contribution in [0.25, 0.3) is 0 Å². The maximum Gasteiger partial charge on any atom is 0.240 e. The van der Waals surface area contributed by atoms with E-state index in [4.69, 9.17) is 11.2 Å². The fraction of sp³-hybridized carbons (Fsp3) is 0.615. The maximum absolute atomic E-state index is 11.9. The number of carbonyl (C=O) groups excluding carboxylic acids is 1. The lowest BCUT2D eigenvalue weighted by Crippen LogP contribution is -2.17. The highest BCUT2D eigenvalue weighted by molar-refractivity contribution is 5.85. The van der Waals surface area contributed by atoms with Crippen molar-refractivity contribution in [3.8, 4) is 18.1 Å². The molecule has 1 aromatic rings. The molecule has 0 saturated heterocycles. The zero-order valence-electron chi connectivity index (χ0n) is 18.8. The summed E-state index contributed by atoms with van der Waals surface area (Å²) < 4.78 is 5.46. The molecule has 1 amide bonds. The zero-order chi connectivity index (χ0) is 21.7. The monoisotopic (exact) mass is 412 g/mol. The summed E-state index contributed by atoms with van der Waals surface area (Å²) in [4.78, 5) is 11.9. The van der Waals surface area contributed by atoms with E-state index in [0.717, 1.165) is 18.4 Å². The van der Waals surface area contributed by atoms with E-state index < -0.39 is 0 Å². The number of nitrogens with one attached hydrogen (secondary N) is 1. The van der Waals surface area contributed by atoms with Crippen LogP contribution in [0.5, 0.6) is 5.75 Å². The number of rotatable bonds is 18. The Bertz CT molecular complexity index is 634. The second-order valence-corrected chi connectivity index (χ2v) is 7.82. The van der Waals surface area contributed by atoms with Crippen molar-refractivity contribution in [2.24, 2.45) is 5.10 Å². The highest BCUT2D eigenvalue weighted by atomic mass is 16.5. The first-order chi connectivity index (χ1) is 14.8. The van der Waals surface area contributed by atoms with Crippen LogP contribution in [0, 0.1) is 12.3 Å². The fourth-order valence-corrected chi connectivity index (χ4v) is 3.37. The molecule has 0 bridgehead atoms. The highest BCUT2D eigenvalue weighted by Gasteiger charge is 2.02. The number of carbonyl (C=O) groups is 1. The number of hydrogen-bond donors (Lipinski definition) is 1. The lowest BCUT2D eigenvalue weighted by Gasteiger charge is -2.05. The Morgan fingerprint density at radius 2 is 1.53 bits per heavy atom. The standard InChI is InChI=1S/C26H40N2O2/c1-3-5-6-7-8-9-10-11-12-13-14-15-16-21-26(29)28-27-23-24-19-17-18-20-25(24)30-22-4-2/h2,17-20,23H,3,5-16,21-22H2,1H3,(H,28,29)/b27-23+. The smallest absolute Gasteiger partial charge is 0.240 e. The number of para-hydroxylation sites is 1. The highest BCUT2D eigenvalue weighted by Crippen LogP contribution is 2.15. The number of amides is 1. The first kappa shape index (κ1) is 25.8. The van der Waals surface area contributed by atoms with Crippen LogP contribution in [0.2, 0.25) is 0 Å². The van der Waals surface area contributed by atoms with Gasteiger partial charge in [-0.15, -0.1) is 6.42 Å². The van der Waals surface area contributed by atoms with E-state index in [2.05, 4.69) is 23.4 Å². The third-order valence-corrected chi connectivity index (χ3v) is 5.13. The number of benzene rings is 1. The van der Waals surface area contributed by atoms with Gasteiger partial charge < -0.3 is 4.74 Å². The summed E-state index contributed by atoms with van der Waals surface area (Å²) in [6.07, 6.45) is 24.2. The van der Waals surface area contributed by atoms with Crippen LogP contribution in [-0.2, 0) is 4.79 Å². The molecule has 0 aliphatic carbocycles. The number of nitrogens with zero attached hydrogens (tertiary/aromatic N) is 1. The summed E-state index contributed by atoms with van der Waals surface area (Å²) in [6, 6.07) is 7.46. The molecule has 166 valence electrons. The molecule has 1 aromatic carbocycles. The summed E-state index contributed by atoms with van der Waals surface area (Å²) in [6.45, 7) is 2.47. The van der Waals surface area contributed by atoms with Crippen molar-refractivity contribution in [1.82, 2.24) is 5.43 Å². The first-order valence-electron chi connectivity index (χ1n) is 11.7. The molecule has 0 unspecified atom stereocenters. The molecule has 1 rings (SSSR count).